The lowest BCUT2D eigenvalue weighted by Gasteiger charge is -2.33. The van der Waals surface area contributed by atoms with Gasteiger partial charge in [0.05, 0.1) is 17.3 Å². The number of thiophene rings is 1. The molecule has 198 valence electrons. The number of aromatic nitrogens is 3. The van der Waals surface area contributed by atoms with Crippen LogP contribution in [0.2, 0.25) is 0 Å². The van der Waals surface area contributed by atoms with Crippen LogP contribution in [0.5, 0.6) is 0 Å². The van der Waals surface area contributed by atoms with E-state index in [1.54, 1.807) is 10.6 Å². The number of fused-ring (bicyclic) bond motifs is 2. The number of anilines is 1. The molecule has 3 N–H and O–H groups in total. The standard InChI is InChI=1S/C25H23BrF3N7OS/c26-22-14(1-2-20-18(22)7-16(10-30)36(20)12-21(31)37)11-35-5-3-15(4-6-35)34-23-19-8-17(9-25(27,28)29)38-24(19)33-13-32-23/h1-2,7-8,13,15H,3-6,9,11-12H2,(H2,31,37)(H,32,33,34). The first-order valence-electron chi connectivity index (χ1n) is 11.9. The van der Waals surface area contributed by atoms with Crippen molar-refractivity contribution in [3.8, 4) is 6.07 Å². The van der Waals surface area contributed by atoms with Crippen LogP contribution in [-0.4, -0.2) is 50.6 Å². The van der Waals surface area contributed by atoms with E-state index in [0.29, 0.717) is 28.3 Å². The van der Waals surface area contributed by atoms with Gasteiger partial charge >= 0.3 is 6.18 Å². The van der Waals surface area contributed by atoms with Gasteiger partial charge < -0.3 is 15.6 Å². The Balaban J connectivity index is 1.25. The number of piperidine rings is 1. The van der Waals surface area contributed by atoms with Crippen LogP contribution >= 0.6 is 27.3 Å². The van der Waals surface area contributed by atoms with Crippen molar-refractivity contribution in [3.05, 3.63) is 51.2 Å². The molecule has 0 spiro atoms. The van der Waals surface area contributed by atoms with E-state index >= 15 is 0 Å². The number of carbonyl (C=O) groups is 1. The van der Waals surface area contributed by atoms with E-state index in [9.17, 15) is 23.2 Å². The second-order valence-corrected chi connectivity index (χ2v) is 11.2. The molecule has 1 fully saturated rings. The molecular weight excluding hydrogens is 583 g/mol. The maximum absolute atomic E-state index is 12.8. The van der Waals surface area contributed by atoms with Crippen molar-refractivity contribution in [1.82, 2.24) is 19.4 Å². The molecule has 38 heavy (non-hydrogen) atoms. The SMILES string of the molecule is N#Cc1cc2c(Br)c(CN3CCC(Nc4ncnc5sc(CC(F)(F)F)cc45)CC3)ccc2n1CC(N)=O. The van der Waals surface area contributed by atoms with Gasteiger partial charge in [0.15, 0.2) is 0 Å². The molecule has 1 saturated heterocycles. The number of amides is 1. The van der Waals surface area contributed by atoms with E-state index in [0.717, 1.165) is 58.2 Å². The van der Waals surface area contributed by atoms with Crippen molar-refractivity contribution in [2.24, 2.45) is 5.73 Å². The van der Waals surface area contributed by atoms with E-state index in [1.807, 2.05) is 12.1 Å². The molecule has 1 aliphatic rings. The van der Waals surface area contributed by atoms with E-state index in [2.05, 4.69) is 42.2 Å². The zero-order chi connectivity index (χ0) is 27.0. The second-order valence-electron chi connectivity index (χ2n) is 9.31. The van der Waals surface area contributed by atoms with Gasteiger partial charge in [-0.3, -0.25) is 9.69 Å². The van der Waals surface area contributed by atoms with Crippen molar-refractivity contribution < 1.29 is 18.0 Å². The summed E-state index contributed by atoms with van der Waals surface area (Å²) in [6.45, 7) is 2.29. The summed E-state index contributed by atoms with van der Waals surface area (Å²) in [4.78, 5) is 23.0. The smallest absolute Gasteiger partial charge is 0.368 e. The Morgan fingerprint density at radius 2 is 2.00 bits per heavy atom. The minimum Gasteiger partial charge on any atom is -0.368 e. The van der Waals surface area contributed by atoms with Crippen molar-refractivity contribution in [2.75, 3.05) is 18.4 Å². The summed E-state index contributed by atoms with van der Waals surface area (Å²) in [6, 6.07) is 9.45. The number of rotatable bonds is 7. The van der Waals surface area contributed by atoms with Crippen LogP contribution in [0.15, 0.2) is 35.1 Å². The fraction of sp³-hybridized carbons (Fsp3) is 0.360. The Hall–Kier alpha value is -3.21. The normalized spacial score (nSPS) is 15.2. The Labute approximate surface area is 228 Å². The highest BCUT2D eigenvalue weighted by molar-refractivity contribution is 9.10. The van der Waals surface area contributed by atoms with Crippen LogP contribution in [0.25, 0.3) is 21.1 Å². The molecule has 4 aromatic rings. The highest BCUT2D eigenvalue weighted by Gasteiger charge is 2.29. The van der Waals surface area contributed by atoms with E-state index in [4.69, 9.17) is 5.73 Å². The Kier molecular flexibility index (Phi) is 7.30. The molecule has 0 radical (unpaired) electrons. The number of nitrogens with two attached hydrogens (primary N) is 1. The highest BCUT2D eigenvalue weighted by Crippen LogP contribution is 2.34. The zero-order valence-electron chi connectivity index (χ0n) is 20.1. The molecule has 13 heteroatoms. The van der Waals surface area contributed by atoms with Gasteiger partial charge in [0.2, 0.25) is 5.91 Å². The van der Waals surface area contributed by atoms with Crippen molar-refractivity contribution in [1.29, 1.82) is 5.26 Å². The Morgan fingerprint density at radius 1 is 1.24 bits per heavy atom. The summed E-state index contributed by atoms with van der Waals surface area (Å²) in [7, 11) is 0. The lowest BCUT2D eigenvalue weighted by atomic mass is 10.0. The lowest BCUT2D eigenvalue weighted by Crippen LogP contribution is -2.38. The molecule has 3 aromatic heterocycles. The second kappa shape index (κ2) is 10.5. The number of benzene rings is 1. The Bertz CT molecular complexity index is 1550. The van der Waals surface area contributed by atoms with Crippen LogP contribution in [0.1, 0.15) is 29.0 Å². The monoisotopic (exact) mass is 605 g/mol. The van der Waals surface area contributed by atoms with E-state index in [1.165, 1.54) is 12.4 Å². The van der Waals surface area contributed by atoms with Crippen molar-refractivity contribution in [3.63, 3.8) is 0 Å². The summed E-state index contributed by atoms with van der Waals surface area (Å²) < 4.78 is 41.0. The minimum atomic E-state index is -4.26. The number of primary amides is 1. The van der Waals surface area contributed by atoms with Crippen LogP contribution in [0, 0.1) is 11.3 Å². The van der Waals surface area contributed by atoms with Crippen LogP contribution in [-0.2, 0) is 24.3 Å². The van der Waals surface area contributed by atoms with Crippen molar-refractivity contribution in [2.45, 2.75) is 44.6 Å². The number of hydrogen-bond acceptors (Lipinski definition) is 7. The molecule has 4 heterocycles. The van der Waals surface area contributed by atoms with Crippen LogP contribution < -0.4 is 11.1 Å². The predicted octanol–water partition coefficient (Wildman–Crippen LogP) is 4.95. The van der Waals surface area contributed by atoms with Gasteiger partial charge in [0, 0.05) is 40.4 Å². The number of likely N-dealkylation sites (tertiary alicyclic amines) is 1. The molecule has 1 aliphatic heterocycles. The maximum atomic E-state index is 12.8. The number of nitrogens with one attached hydrogen (secondary N) is 1. The Morgan fingerprint density at radius 3 is 2.68 bits per heavy atom. The van der Waals surface area contributed by atoms with Gasteiger partial charge in [-0.1, -0.05) is 6.07 Å². The number of hydrogen-bond donors (Lipinski definition) is 2. The third-order valence-electron chi connectivity index (χ3n) is 6.61. The summed E-state index contributed by atoms with van der Waals surface area (Å²) in [5.74, 6) is 0.0548. The molecule has 0 unspecified atom stereocenters. The lowest BCUT2D eigenvalue weighted by molar-refractivity contribution is -0.126. The summed E-state index contributed by atoms with van der Waals surface area (Å²) in [6.07, 6.45) is -2.16. The number of carbonyl (C=O) groups excluding carboxylic acids is 1. The molecule has 0 bridgehead atoms. The topological polar surface area (TPSA) is 113 Å². The fourth-order valence-electron chi connectivity index (χ4n) is 4.86. The maximum Gasteiger partial charge on any atom is 0.393 e. The highest BCUT2D eigenvalue weighted by atomic mass is 79.9. The molecule has 8 nitrogen and oxygen atoms in total. The number of nitrogens with zero attached hydrogens (tertiary/aromatic N) is 5. The first kappa shape index (κ1) is 26.4. The first-order valence-corrected chi connectivity index (χ1v) is 13.5. The summed E-state index contributed by atoms with van der Waals surface area (Å²) in [5.41, 5.74) is 7.57. The molecule has 0 atom stereocenters. The van der Waals surface area contributed by atoms with E-state index in [-0.39, 0.29) is 17.5 Å². The molecule has 0 saturated carbocycles. The predicted molar refractivity (Wildman–Crippen MR) is 143 cm³/mol. The van der Waals surface area contributed by atoms with Gasteiger partial charge in [0.1, 0.15) is 35.3 Å². The van der Waals surface area contributed by atoms with Gasteiger partial charge in [0.25, 0.3) is 0 Å². The van der Waals surface area contributed by atoms with Gasteiger partial charge in [-0.25, -0.2) is 9.97 Å². The van der Waals surface area contributed by atoms with Crippen molar-refractivity contribution >= 4 is 60.1 Å². The number of alkyl halides is 3. The molecular formula is C25H23BrF3N7OS. The van der Waals surface area contributed by atoms with E-state index < -0.39 is 18.5 Å². The average molecular weight is 606 g/mol. The van der Waals surface area contributed by atoms with Crippen LogP contribution in [0.3, 0.4) is 0 Å². The number of halogens is 4. The minimum absolute atomic E-state index is 0.0631. The molecule has 1 aromatic carbocycles. The number of nitriles is 1. The average Bonchev–Trinajstić information content (AvgIpc) is 3.42. The van der Waals surface area contributed by atoms with Gasteiger partial charge in [-0.05, 0) is 52.5 Å². The molecule has 0 aliphatic carbocycles. The first-order chi connectivity index (χ1) is 18.1. The van der Waals surface area contributed by atoms with Gasteiger partial charge in [-0.15, -0.1) is 11.3 Å². The summed E-state index contributed by atoms with van der Waals surface area (Å²) in [5, 5.41) is 14.4. The quantitative estimate of drug-likeness (QED) is 0.308. The zero-order valence-corrected chi connectivity index (χ0v) is 22.5. The third-order valence-corrected chi connectivity index (χ3v) is 8.58. The third kappa shape index (κ3) is 5.62. The fourth-order valence-corrected chi connectivity index (χ4v) is 6.46. The largest absolute Gasteiger partial charge is 0.393 e. The molecule has 5 rings (SSSR count). The molecule has 1 amide bonds. The van der Waals surface area contributed by atoms with Gasteiger partial charge in [-0.2, -0.15) is 18.4 Å². The summed E-state index contributed by atoms with van der Waals surface area (Å²) >= 11 is 4.73. The van der Waals surface area contributed by atoms with Crippen LogP contribution in [0.4, 0.5) is 19.0 Å².